The van der Waals surface area contributed by atoms with Gasteiger partial charge in [0, 0.05) is 19.2 Å². The van der Waals surface area contributed by atoms with E-state index in [0.29, 0.717) is 24.2 Å². The molecule has 1 aliphatic rings. The van der Waals surface area contributed by atoms with Gasteiger partial charge in [-0.1, -0.05) is 6.42 Å². The van der Waals surface area contributed by atoms with E-state index in [4.69, 9.17) is 0 Å². The summed E-state index contributed by atoms with van der Waals surface area (Å²) < 4.78 is 13.4. The van der Waals surface area contributed by atoms with Crippen molar-refractivity contribution in [3.63, 3.8) is 0 Å². The lowest BCUT2D eigenvalue weighted by Gasteiger charge is -2.34. The highest BCUT2D eigenvalue weighted by atomic mass is 19.1. The van der Waals surface area contributed by atoms with Crippen LogP contribution in [0.5, 0.6) is 0 Å². The zero-order chi connectivity index (χ0) is 18.6. The van der Waals surface area contributed by atoms with E-state index in [1.165, 1.54) is 12.1 Å². The second kappa shape index (κ2) is 7.84. The van der Waals surface area contributed by atoms with Crippen molar-refractivity contribution in [2.45, 2.75) is 31.7 Å². The second-order valence-corrected chi connectivity index (χ2v) is 6.87. The number of pyridine rings is 1. The number of carbonyl (C=O) groups is 1. The molecule has 0 unspecified atom stereocenters. The van der Waals surface area contributed by atoms with Gasteiger partial charge in [-0.25, -0.2) is 9.37 Å². The van der Waals surface area contributed by atoms with Gasteiger partial charge in [-0.15, -0.1) is 0 Å². The Hall–Kier alpha value is -2.80. The highest BCUT2D eigenvalue weighted by Gasteiger charge is 2.26. The molecule has 1 aliphatic heterocycles. The molecule has 0 bridgehead atoms. The number of benzene rings is 1. The standard InChI is InChI=1S/C20H22FN5O/c21-14-6-7-16-17(12-14)25-20(24-16)18-5-1-2-10-26(18)11-8-19(27)23-15-4-3-9-22-13-15/h3-4,6-7,9,12-13,18H,1-2,5,8,10-11H2,(H,23,27)(H,24,25)/t18-/m1/s1. The first-order chi connectivity index (χ1) is 13.2. The Bertz CT molecular complexity index is 927. The van der Waals surface area contributed by atoms with Crippen molar-refractivity contribution in [1.29, 1.82) is 0 Å². The minimum Gasteiger partial charge on any atom is -0.341 e. The number of aromatic amines is 1. The molecule has 1 fully saturated rings. The maximum absolute atomic E-state index is 13.4. The number of carbonyl (C=O) groups excluding carboxylic acids is 1. The van der Waals surface area contributed by atoms with Crippen molar-refractivity contribution in [2.75, 3.05) is 18.4 Å². The van der Waals surface area contributed by atoms with Crippen molar-refractivity contribution < 1.29 is 9.18 Å². The van der Waals surface area contributed by atoms with Gasteiger partial charge in [-0.2, -0.15) is 0 Å². The van der Waals surface area contributed by atoms with Gasteiger partial charge < -0.3 is 10.3 Å². The molecule has 0 spiro atoms. The third-order valence-electron chi connectivity index (χ3n) is 4.96. The first-order valence-corrected chi connectivity index (χ1v) is 9.28. The predicted octanol–water partition coefficient (Wildman–Crippen LogP) is 3.65. The number of rotatable bonds is 5. The smallest absolute Gasteiger partial charge is 0.225 e. The lowest BCUT2D eigenvalue weighted by atomic mass is 10.0. The van der Waals surface area contributed by atoms with Crippen LogP contribution in [0.25, 0.3) is 11.0 Å². The van der Waals surface area contributed by atoms with Crippen molar-refractivity contribution in [2.24, 2.45) is 0 Å². The predicted molar refractivity (Wildman–Crippen MR) is 102 cm³/mol. The fourth-order valence-corrected chi connectivity index (χ4v) is 3.63. The normalized spacial score (nSPS) is 17.9. The van der Waals surface area contributed by atoms with Gasteiger partial charge in [0.05, 0.1) is 29.0 Å². The van der Waals surface area contributed by atoms with E-state index < -0.39 is 0 Å². The molecule has 3 heterocycles. The number of anilines is 1. The third-order valence-corrected chi connectivity index (χ3v) is 4.96. The molecule has 1 atom stereocenters. The topological polar surface area (TPSA) is 73.9 Å². The molecule has 0 radical (unpaired) electrons. The van der Waals surface area contributed by atoms with Gasteiger partial charge >= 0.3 is 0 Å². The van der Waals surface area contributed by atoms with Crippen LogP contribution in [-0.2, 0) is 4.79 Å². The summed E-state index contributed by atoms with van der Waals surface area (Å²) in [4.78, 5) is 26.5. The number of H-pyrrole nitrogens is 1. The molecule has 27 heavy (non-hydrogen) atoms. The molecule has 1 saturated heterocycles. The first-order valence-electron chi connectivity index (χ1n) is 9.28. The van der Waals surface area contributed by atoms with Crippen LogP contribution in [0.4, 0.5) is 10.1 Å². The average Bonchev–Trinajstić information content (AvgIpc) is 3.10. The molecule has 7 heteroatoms. The van der Waals surface area contributed by atoms with Crippen LogP contribution in [0.3, 0.4) is 0 Å². The van der Waals surface area contributed by atoms with E-state index in [-0.39, 0.29) is 17.8 Å². The summed E-state index contributed by atoms with van der Waals surface area (Å²) in [7, 11) is 0. The maximum atomic E-state index is 13.4. The number of imidazole rings is 1. The van der Waals surface area contributed by atoms with Crippen LogP contribution in [0.2, 0.25) is 0 Å². The number of nitrogens with one attached hydrogen (secondary N) is 2. The molecule has 0 aliphatic carbocycles. The molecule has 2 aromatic heterocycles. The lowest BCUT2D eigenvalue weighted by molar-refractivity contribution is -0.116. The molecule has 0 saturated carbocycles. The summed E-state index contributed by atoms with van der Waals surface area (Å²) >= 11 is 0. The van der Waals surface area contributed by atoms with Crippen LogP contribution in [0, 0.1) is 5.82 Å². The van der Waals surface area contributed by atoms with Gasteiger partial charge in [-0.05, 0) is 49.7 Å². The zero-order valence-electron chi connectivity index (χ0n) is 15.0. The van der Waals surface area contributed by atoms with Crippen LogP contribution in [0.1, 0.15) is 37.5 Å². The largest absolute Gasteiger partial charge is 0.341 e. The Labute approximate surface area is 156 Å². The van der Waals surface area contributed by atoms with E-state index in [1.807, 2.05) is 6.07 Å². The summed E-state index contributed by atoms with van der Waals surface area (Å²) in [5.41, 5.74) is 2.19. The second-order valence-electron chi connectivity index (χ2n) is 6.87. The quantitative estimate of drug-likeness (QED) is 0.722. The van der Waals surface area contributed by atoms with E-state index in [9.17, 15) is 9.18 Å². The third kappa shape index (κ3) is 4.14. The Balaban J connectivity index is 1.43. The highest BCUT2D eigenvalue weighted by Crippen LogP contribution is 2.30. The van der Waals surface area contributed by atoms with Crippen LogP contribution in [0.15, 0.2) is 42.7 Å². The van der Waals surface area contributed by atoms with Gasteiger partial charge in [0.1, 0.15) is 11.6 Å². The minimum atomic E-state index is -0.273. The van der Waals surface area contributed by atoms with Crippen molar-refractivity contribution in [3.05, 3.63) is 54.4 Å². The SMILES string of the molecule is O=C(CCN1CCCC[C@@H]1c1nc2ccc(F)cc2[nH]1)Nc1cccnc1. The molecule has 1 aromatic carbocycles. The number of halogens is 1. The molecular formula is C20H22FN5O. The fraction of sp³-hybridized carbons (Fsp3) is 0.350. The highest BCUT2D eigenvalue weighted by molar-refractivity contribution is 5.90. The number of hydrogen-bond acceptors (Lipinski definition) is 4. The van der Waals surface area contributed by atoms with Gasteiger partial charge in [0.15, 0.2) is 0 Å². The summed E-state index contributed by atoms with van der Waals surface area (Å²) in [5, 5.41) is 2.87. The number of piperidine rings is 1. The van der Waals surface area contributed by atoms with E-state index >= 15 is 0 Å². The monoisotopic (exact) mass is 367 g/mol. The number of aromatic nitrogens is 3. The van der Waals surface area contributed by atoms with Crippen LogP contribution < -0.4 is 5.32 Å². The molecule has 3 aromatic rings. The Morgan fingerprint density at radius 3 is 3.11 bits per heavy atom. The molecule has 2 N–H and O–H groups in total. The number of nitrogens with zero attached hydrogens (tertiary/aromatic N) is 3. The zero-order valence-corrected chi connectivity index (χ0v) is 15.0. The van der Waals surface area contributed by atoms with E-state index in [1.54, 1.807) is 24.5 Å². The summed E-state index contributed by atoms with van der Waals surface area (Å²) in [6, 6.07) is 8.33. The Morgan fingerprint density at radius 1 is 1.33 bits per heavy atom. The summed E-state index contributed by atoms with van der Waals surface area (Å²) in [5.74, 6) is 0.548. The van der Waals surface area contributed by atoms with Crippen LogP contribution >= 0.6 is 0 Å². The van der Waals surface area contributed by atoms with E-state index in [2.05, 4.69) is 25.2 Å². The fourth-order valence-electron chi connectivity index (χ4n) is 3.63. The number of likely N-dealkylation sites (tertiary alicyclic amines) is 1. The van der Waals surface area contributed by atoms with Crippen molar-refractivity contribution in [1.82, 2.24) is 19.9 Å². The summed E-state index contributed by atoms with van der Waals surface area (Å²) in [6.45, 7) is 1.58. The Morgan fingerprint density at radius 2 is 2.26 bits per heavy atom. The van der Waals surface area contributed by atoms with E-state index in [0.717, 1.165) is 37.1 Å². The summed E-state index contributed by atoms with van der Waals surface area (Å²) in [6.07, 6.45) is 6.92. The van der Waals surface area contributed by atoms with Crippen molar-refractivity contribution >= 4 is 22.6 Å². The Kier molecular flexibility index (Phi) is 5.11. The number of hydrogen-bond donors (Lipinski definition) is 2. The van der Waals surface area contributed by atoms with Crippen molar-refractivity contribution in [3.8, 4) is 0 Å². The average molecular weight is 367 g/mol. The minimum absolute atomic E-state index is 0.0287. The number of amides is 1. The van der Waals surface area contributed by atoms with Gasteiger partial charge in [0.25, 0.3) is 0 Å². The molecule has 1 amide bonds. The molecule has 4 rings (SSSR count). The lowest BCUT2D eigenvalue weighted by Crippen LogP contribution is -2.36. The molecular weight excluding hydrogens is 345 g/mol. The first kappa shape index (κ1) is 17.6. The molecule has 140 valence electrons. The maximum Gasteiger partial charge on any atom is 0.225 e. The van der Waals surface area contributed by atoms with Crippen LogP contribution in [-0.4, -0.2) is 38.8 Å². The number of fused-ring (bicyclic) bond motifs is 1. The molecule has 6 nitrogen and oxygen atoms in total. The van der Waals surface area contributed by atoms with Gasteiger partial charge in [0.2, 0.25) is 5.91 Å². The van der Waals surface area contributed by atoms with Gasteiger partial charge in [-0.3, -0.25) is 14.7 Å².